The number of halogens is 5. The number of hydrogen-bond acceptors (Lipinski definition) is 6. The molecule has 0 bridgehead atoms. The van der Waals surface area contributed by atoms with E-state index in [0.717, 1.165) is 26.4 Å². The number of anilines is 3. The summed E-state index contributed by atoms with van der Waals surface area (Å²) in [6.07, 6.45) is -2.91. The number of nitrogens with one attached hydrogen (secondary N) is 2. The van der Waals surface area contributed by atoms with Crippen molar-refractivity contribution in [2.75, 3.05) is 55.4 Å². The fraction of sp³-hybridized carbons (Fsp3) is 0.474. The second-order valence-corrected chi connectivity index (χ2v) is 7.65. The molecule has 1 unspecified atom stereocenters. The Morgan fingerprint density at radius 1 is 1.31 bits per heavy atom. The number of nitrogens with zero attached hydrogens (tertiary/aromatic N) is 3. The number of carboxylic acid groups (broad SMARTS) is 1. The zero-order valence-electron chi connectivity index (χ0n) is 17.3. The van der Waals surface area contributed by atoms with Crippen molar-refractivity contribution < 1.29 is 32.0 Å². The average molecular weight is 463 g/mol. The Bertz CT molecular complexity index is 1070. The molecule has 1 atom stereocenters. The minimum absolute atomic E-state index is 0.0238. The molecule has 2 aromatic rings. The minimum atomic E-state index is -4.34. The Morgan fingerprint density at radius 2 is 2.00 bits per heavy atom. The van der Waals surface area contributed by atoms with Crippen molar-refractivity contribution >= 4 is 33.9 Å². The van der Waals surface area contributed by atoms with E-state index in [4.69, 9.17) is 0 Å². The molecular weight excluding hydrogens is 441 g/mol. The number of alkyl halides is 3. The molecule has 3 N–H and O–H groups in total. The Balaban J connectivity index is 2.05. The van der Waals surface area contributed by atoms with Crippen LogP contribution in [0.4, 0.5) is 39.2 Å². The molecule has 0 spiro atoms. The van der Waals surface area contributed by atoms with E-state index < -0.39 is 29.7 Å². The van der Waals surface area contributed by atoms with Crippen LogP contribution in [0.5, 0.6) is 0 Å². The number of aromatic nitrogens is 1. The van der Waals surface area contributed by atoms with Crippen LogP contribution < -0.4 is 25.9 Å². The van der Waals surface area contributed by atoms with Crippen LogP contribution >= 0.6 is 0 Å². The number of pyridine rings is 1. The normalized spacial score (nSPS) is 16.6. The number of carbonyl (C=O) groups is 1. The number of benzene rings is 1. The molecule has 1 aromatic heterocycles. The lowest BCUT2D eigenvalue weighted by Gasteiger charge is -2.28. The number of aromatic amines is 1. The lowest BCUT2D eigenvalue weighted by molar-refractivity contribution is -0.125. The first-order valence-electron chi connectivity index (χ1n) is 9.67. The first-order valence-corrected chi connectivity index (χ1v) is 9.67. The summed E-state index contributed by atoms with van der Waals surface area (Å²) in [5, 5.41) is 11.7. The SMILES string of the molecule is CN(F)c1cc2c(=O)c(C(=O)O)c[nH]c2c(N(C)F)c1N1CCC(CNCC(F)(F)F)C1. The van der Waals surface area contributed by atoms with E-state index in [1.54, 1.807) is 4.90 Å². The van der Waals surface area contributed by atoms with Crippen molar-refractivity contribution in [3.63, 3.8) is 0 Å². The van der Waals surface area contributed by atoms with Crippen LogP contribution in [-0.4, -0.2) is 62.5 Å². The first kappa shape index (κ1) is 23.6. The van der Waals surface area contributed by atoms with Crippen LogP contribution in [0.1, 0.15) is 16.8 Å². The van der Waals surface area contributed by atoms with E-state index >= 15 is 0 Å². The molecule has 1 aliphatic heterocycles. The van der Waals surface area contributed by atoms with E-state index in [0.29, 0.717) is 13.0 Å². The van der Waals surface area contributed by atoms with Gasteiger partial charge in [-0.05, 0) is 18.4 Å². The van der Waals surface area contributed by atoms with Gasteiger partial charge in [-0.2, -0.15) is 13.2 Å². The first-order chi connectivity index (χ1) is 14.9. The molecule has 1 aliphatic rings. The number of H-pyrrole nitrogens is 1. The van der Waals surface area contributed by atoms with Crippen molar-refractivity contribution in [3.05, 3.63) is 28.0 Å². The van der Waals surface area contributed by atoms with E-state index in [1.807, 2.05) is 0 Å². The second kappa shape index (κ2) is 8.81. The van der Waals surface area contributed by atoms with Crippen molar-refractivity contribution in [2.45, 2.75) is 12.6 Å². The van der Waals surface area contributed by atoms with Gasteiger partial charge in [0.15, 0.2) is 0 Å². The molecule has 0 aliphatic carbocycles. The number of fused-ring (bicyclic) bond motifs is 1. The highest BCUT2D eigenvalue weighted by molar-refractivity contribution is 6.05. The third-order valence-corrected chi connectivity index (χ3v) is 5.34. The molecule has 0 radical (unpaired) electrons. The van der Waals surface area contributed by atoms with Gasteiger partial charge in [-0.3, -0.25) is 4.79 Å². The smallest absolute Gasteiger partial charge is 0.401 e. The van der Waals surface area contributed by atoms with Gasteiger partial charge >= 0.3 is 12.1 Å². The van der Waals surface area contributed by atoms with Gasteiger partial charge in [0.2, 0.25) is 5.43 Å². The van der Waals surface area contributed by atoms with Gasteiger partial charge in [-0.25, -0.2) is 15.0 Å². The second-order valence-electron chi connectivity index (χ2n) is 7.65. The van der Waals surface area contributed by atoms with Gasteiger partial charge in [0.1, 0.15) is 11.3 Å². The predicted molar refractivity (Wildman–Crippen MR) is 110 cm³/mol. The quantitative estimate of drug-likeness (QED) is 0.430. The predicted octanol–water partition coefficient (Wildman–Crippen LogP) is 2.85. The summed E-state index contributed by atoms with van der Waals surface area (Å²) in [5.74, 6) is -1.69. The topological polar surface area (TPSA) is 91.9 Å². The van der Waals surface area contributed by atoms with Crippen molar-refractivity contribution in [2.24, 2.45) is 5.92 Å². The molecule has 0 saturated carbocycles. The Kier molecular flexibility index (Phi) is 6.49. The molecule has 2 heterocycles. The lowest BCUT2D eigenvalue weighted by Crippen LogP contribution is -2.33. The highest BCUT2D eigenvalue weighted by Gasteiger charge is 2.32. The van der Waals surface area contributed by atoms with E-state index in [2.05, 4.69) is 10.3 Å². The fourth-order valence-corrected chi connectivity index (χ4v) is 3.95. The zero-order chi connectivity index (χ0) is 23.8. The number of carboxylic acids is 1. The maximum absolute atomic E-state index is 14.6. The third-order valence-electron chi connectivity index (χ3n) is 5.34. The summed E-state index contributed by atoms with van der Waals surface area (Å²) in [6.45, 7) is -0.508. The summed E-state index contributed by atoms with van der Waals surface area (Å²) in [5.41, 5.74) is -1.76. The number of rotatable bonds is 7. The van der Waals surface area contributed by atoms with Gasteiger partial charge < -0.3 is 20.3 Å². The highest BCUT2D eigenvalue weighted by Crippen LogP contribution is 2.44. The van der Waals surface area contributed by atoms with Crippen LogP contribution in [-0.2, 0) is 0 Å². The molecule has 176 valence electrons. The molecule has 13 heteroatoms. The van der Waals surface area contributed by atoms with Crippen molar-refractivity contribution in [1.82, 2.24) is 10.3 Å². The van der Waals surface area contributed by atoms with Gasteiger partial charge in [-0.1, -0.05) is 0 Å². The average Bonchev–Trinajstić information content (AvgIpc) is 3.13. The Labute approximate surface area is 179 Å². The molecule has 3 rings (SSSR count). The molecule has 8 nitrogen and oxygen atoms in total. The highest BCUT2D eigenvalue weighted by atomic mass is 19.4. The maximum atomic E-state index is 14.6. The molecule has 1 fully saturated rings. The number of hydrogen-bond donors (Lipinski definition) is 3. The molecular formula is C19H22F5N5O3. The molecule has 32 heavy (non-hydrogen) atoms. The fourth-order valence-electron chi connectivity index (χ4n) is 3.95. The summed E-state index contributed by atoms with van der Waals surface area (Å²) < 4.78 is 66.2. The largest absolute Gasteiger partial charge is 0.477 e. The van der Waals surface area contributed by atoms with Gasteiger partial charge in [0, 0.05) is 39.9 Å². The summed E-state index contributed by atoms with van der Waals surface area (Å²) in [4.78, 5) is 28.2. The molecule has 0 amide bonds. The van der Waals surface area contributed by atoms with Crippen LogP contribution in [0.2, 0.25) is 0 Å². The summed E-state index contributed by atoms with van der Waals surface area (Å²) in [6, 6.07) is 1.14. The third kappa shape index (κ3) is 4.71. The summed E-state index contributed by atoms with van der Waals surface area (Å²) >= 11 is 0. The van der Waals surface area contributed by atoms with Gasteiger partial charge in [-0.15, -0.1) is 8.96 Å². The van der Waals surface area contributed by atoms with Crippen LogP contribution in [0.3, 0.4) is 0 Å². The standard InChI is InChI=1S/C19H22F5N5O3/c1-27(23)13-5-11-14(26-7-12(17(11)30)18(31)32)16(28(2)24)15(13)29-4-3-10(8-29)6-25-9-19(20,21)22/h5,7,10,25H,3-4,6,8-9H2,1-2H3,(H,26,30)(H,31,32). The van der Waals surface area contributed by atoms with E-state index in [1.165, 1.54) is 0 Å². The maximum Gasteiger partial charge on any atom is 0.401 e. The van der Waals surface area contributed by atoms with Crippen LogP contribution in [0, 0.1) is 5.92 Å². The van der Waals surface area contributed by atoms with Gasteiger partial charge in [0.05, 0.1) is 28.8 Å². The van der Waals surface area contributed by atoms with Crippen LogP contribution in [0.25, 0.3) is 10.9 Å². The summed E-state index contributed by atoms with van der Waals surface area (Å²) in [7, 11) is 2.09. The molecule has 1 aromatic carbocycles. The van der Waals surface area contributed by atoms with Gasteiger partial charge in [0.25, 0.3) is 0 Å². The molecule has 1 saturated heterocycles. The van der Waals surface area contributed by atoms with Crippen molar-refractivity contribution in [1.29, 1.82) is 0 Å². The van der Waals surface area contributed by atoms with Crippen molar-refractivity contribution in [3.8, 4) is 0 Å². The monoisotopic (exact) mass is 463 g/mol. The lowest BCUT2D eigenvalue weighted by atomic mass is 10.1. The van der Waals surface area contributed by atoms with E-state index in [-0.39, 0.29) is 57.2 Å². The Hall–Kier alpha value is -3.09. The number of aromatic carboxylic acids is 1. The van der Waals surface area contributed by atoms with Crippen LogP contribution in [0.15, 0.2) is 17.1 Å². The van der Waals surface area contributed by atoms with E-state index in [9.17, 15) is 36.8 Å². The zero-order valence-corrected chi connectivity index (χ0v) is 17.3. The Morgan fingerprint density at radius 3 is 2.56 bits per heavy atom. The minimum Gasteiger partial charge on any atom is -0.477 e.